The Morgan fingerprint density at radius 1 is 0.964 bits per heavy atom. The number of esters is 1. The predicted octanol–water partition coefficient (Wildman–Crippen LogP) is 3.81. The Hall–Kier alpha value is -3.82. The van der Waals surface area contributed by atoms with E-state index in [-0.39, 0.29) is 34.5 Å². The average molecular weight is 390 g/mol. The van der Waals surface area contributed by atoms with E-state index >= 15 is 0 Å². The van der Waals surface area contributed by atoms with Gasteiger partial charge >= 0.3 is 11.9 Å². The second kappa shape index (κ2) is 7.82. The van der Waals surface area contributed by atoms with Crippen LogP contribution in [-0.4, -0.2) is 34.0 Å². The molecule has 0 aliphatic carbocycles. The van der Waals surface area contributed by atoms with E-state index in [2.05, 4.69) is 14.8 Å². The number of halogens is 2. The first kappa shape index (κ1) is 19.0. The van der Waals surface area contributed by atoms with E-state index < -0.39 is 23.6 Å². The molecule has 0 saturated carbocycles. The second-order valence-electron chi connectivity index (χ2n) is 5.32. The van der Waals surface area contributed by atoms with Crippen LogP contribution in [-0.2, 0) is 4.74 Å². The van der Waals surface area contributed by atoms with Gasteiger partial charge in [0.15, 0.2) is 23.0 Å². The number of carbonyl (C=O) groups excluding carboxylic acids is 1. The number of ether oxygens (including phenoxy) is 1. The van der Waals surface area contributed by atoms with Crippen LogP contribution in [0, 0.1) is 11.6 Å². The Morgan fingerprint density at radius 2 is 1.46 bits per heavy atom. The van der Waals surface area contributed by atoms with E-state index in [1.165, 1.54) is 30.3 Å². The molecule has 0 saturated heterocycles. The molecule has 0 aliphatic heterocycles. The van der Waals surface area contributed by atoms with E-state index in [1.54, 1.807) is 13.0 Å². The highest BCUT2D eigenvalue weighted by Gasteiger charge is 2.19. The first-order chi connectivity index (χ1) is 13.4. The summed E-state index contributed by atoms with van der Waals surface area (Å²) >= 11 is 0. The molecular weight excluding hydrogens is 378 g/mol. The number of aromatic carboxylic acids is 1. The molecule has 0 radical (unpaired) electrons. The molecule has 0 bridgehead atoms. The molecule has 0 atom stereocenters. The number of fused-ring (bicyclic) bond motifs is 2. The molecule has 2 aromatic heterocycles. The van der Waals surface area contributed by atoms with Crippen LogP contribution in [0.3, 0.4) is 0 Å². The van der Waals surface area contributed by atoms with Crippen LogP contribution >= 0.6 is 0 Å². The second-order valence-corrected chi connectivity index (χ2v) is 5.32. The molecule has 10 heteroatoms. The van der Waals surface area contributed by atoms with Gasteiger partial charge in [0, 0.05) is 0 Å². The number of benzene rings is 2. The van der Waals surface area contributed by atoms with E-state index in [1.807, 2.05) is 0 Å². The van der Waals surface area contributed by atoms with Crippen molar-refractivity contribution in [1.82, 2.24) is 10.3 Å². The van der Waals surface area contributed by atoms with E-state index in [0.29, 0.717) is 5.39 Å². The van der Waals surface area contributed by atoms with Gasteiger partial charge in [-0.3, -0.25) is 0 Å². The molecule has 8 nitrogen and oxygen atoms in total. The molecule has 2 heterocycles. The van der Waals surface area contributed by atoms with Gasteiger partial charge in [-0.15, -0.1) is 0 Å². The first-order valence-corrected chi connectivity index (χ1v) is 7.92. The molecule has 144 valence electrons. The lowest BCUT2D eigenvalue weighted by atomic mass is 10.2. The average Bonchev–Trinajstić information content (AvgIpc) is 3.28. The van der Waals surface area contributed by atoms with Crippen molar-refractivity contribution in [2.24, 2.45) is 0 Å². The molecule has 0 spiro atoms. The number of nitrogens with zero attached hydrogens (tertiary/aromatic N) is 2. The van der Waals surface area contributed by atoms with E-state index in [0.717, 1.165) is 0 Å². The van der Waals surface area contributed by atoms with Crippen molar-refractivity contribution >= 4 is 33.9 Å². The normalized spacial score (nSPS) is 10.5. The number of hydrogen-bond acceptors (Lipinski definition) is 7. The fraction of sp³-hybridized carbons (Fsp3) is 0.111. The Kier molecular flexibility index (Phi) is 5.30. The zero-order valence-electron chi connectivity index (χ0n) is 14.3. The molecule has 28 heavy (non-hydrogen) atoms. The van der Waals surface area contributed by atoms with Gasteiger partial charge in [-0.2, -0.15) is 0 Å². The van der Waals surface area contributed by atoms with Gasteiger partial charge in [0.1, 0.15) is 0 Å². The zero-order valence-corrected chi connectivity index (χ0v) is 14.3. The number of carbonyl (C=O) groups is 2. The zero-order chi connectivity index (χ0) is 20.3. The minimum absolute atomic E-state index is 0.00588. The predicted molar refractivity (Wildman–Crippen MR) is 90.8 cm³/mol. The number of rotatable bonds is 3. The summed E-state index contributed by atoms with van der Waals surface area (Å²) in [5.74, 6) is -3.00. The molecule has 0 amide bonds. The van der Waals surface area contributed by atoms with Gasteiger partial charge in [0.2, 0.25) is 11.2 Å². The maximum atomic E-state index is 13.2. The van der Waals surface area contributed by atoms with Crippen LogP contribution in [0.5, 0.6) is 0 Å². The number of aromatic nitrogens is 2. The van der Waals surface area contributed by atoms with Crippen molar-refractivity contribution in [2.45, 2.75) is 6.92 Å². The smallest absolute Gasteiger partial charge is 0.361 e. The van der Waals surface area contributed by atoms with Crippen molar-refractivity contribution in [1.29, 1.82) is 0 Å². The quantitative estimate of drug-likeness (QED) is 0.525. The fourth-order valence-electron chi connectivity index (χ4n) is 2.36. The molecule has 4 rings (SSSR count). The molecule has 0 unspecified atom stereocenters. The van der Waals surface area contributed by atoms with E-state index in [4.69, 9.17) is 14.4 Å². The van der Waals surface area contributed by atoms with Crippen LogP contribution in [0.1, 0.15) is 27.9 Å². The number of para-hydroxylation sites is 2. The lowest BCUT2D eigenvalue weighted by Crippen LogP contribution is -2.05. The van der Waals surface area contributed by atoms with Crippen molar-refractivity contribution in [2.75, 3.05) is 6.61 Å². The molecule has 0 fully saturated rings. The van der Waals surface area contributed by atoms with Crippen LogP contribution in [0.4, 0.5) is 8.78 Å². The summed E-state index contributed by atoms with van der Waals surface area (Å²) in [6.07, 6.45) is 0. The van der Waals surface area contributed by atoms with Gasteiger partial charge in [-0.1, -0.05) is 22.4 Å². The largest absolute Gasteiger partial charge is 0.476 e. The van der Waals surface area contributed by atoms with Crippen LogP contribution in [0.25, 0.3) is 21.9 Å². The SMILES string of the molecule is CCOC(=O)c1noc2c(F)cccc12.O=C(O)c1noc2c(F)cccc12. The topological polar surface area (TPSA) is 116 Å². The van der Waals surface area contributed by atoms with Crippen molar-refractivity contribution in [3.05, 3.63) is 59.4 Å². The molecule has 2 aromatic carbocycles. The Morgan fingerprint density at radius 3 is 1.96 bits per heavy atom. The fourth-order valence-corrected chi connectivity index (χ4v) is 2.36. The lowest BCUT2D eigenvalue weighted by molar-refractivity contribution is 0.0516. The Balaban J connectivity index is 0.000000162. The van der Waals surface area contributed by atoms with Crippen molar-refractivity contribution in [3.8, 4) is 0 Å². The molecule has 4 aromatic rings. The van der Waals surface area contributed by atoms with Crippen molar-refractivity contribution in [3.63, 3.8) is 0 Å². The Bertz CT molecular complexity index is 1170. The number of carboxylic acids is 1. The summed E-state index contributed by atoms with van der Waals surface area (Å²) in [5.41, 5.74) is -0.415. The van der Waals surface area contributed by atoms with E-state index in [9.17, 15) is 18.4 Å². The van der Waals surface area contributed by atoms with Crippen LogP contribution < -0.4 is 0 Å². The lowest BCUT2D eigenvalue weighted by Gasteiger charge is -1.96. The summed E-state index contributed by atoms with van der Waals surface area (Å²) in [6.45, 7) is 1.92. The third-order valence-corrected chi connectivity index (χ3v) is 3.57. The van der Waals surface area contributed by atoms with Gasteiger partial charge < -0.3 is 18.9 Å². The third-order valence-electron chi connectivity index (χ3n) is 3.57. The summed E-state index contributed by atoms with van der Waals surface area (Å²) in [7, 11) is 0. The summed E-state index contributed by atoms with van der Waals surface area (Å²) in [5, 5.41) is 15.8. The minimum Gasteiger partial charge on any atom is -0.476 e. The standard InChI is InChI=1S/C10H8FNO3.C8H4FNO3/c1-2-14-10(13)8-6-4-3-5-7(11)9(6)15-12-8;9-5-3-1-2-4-6(8(11)12)10-13-7(4)5/h3-5H,2H2,1H3;1-3H,(H,11,12). The summed E-state index contributed by atoms with van der Waals surface area (Å²) in [4.78, 5) is 21.9. The van der Waals surface area contributed by atoms with Gasteiger partial charge in [-0.05, 0) is 31.2 Å². The minimum atomic E-state index is -1.23. The first-order valence-electron chi connectivity index (χ1n) is 7.92. The van der Waals surface area contributed by atoms with Gasteiger partial charge in [-0.25, -0.2) is 18.4 Å². The highest BCUT2D eigenvalue weighted by Crippen LogP contribution is 2.22. The molecule has 0 aliphatic rings. The monoisotopic (exact) mass is 390 g/mol. The molecule has 1 N–H and O–H groups in total. The van der Waals surface area contributed by atoms with Crippen LogP contribution in [0.15, 0.2) is 45.4 Å². The maximum Gasteiger partial charge on any atom is 0.361 e. The summed E-state index contributed by atoms with van der Waals surface area (Å²) < 4.78 is 40.1. The highest BCUT2D eigenvalue weighted by molar-refractivity contribution is 6.01. The maximum absolute atomic E-state index is 13.2. The Labute approximate surface area is 155 Å². The van der Waals surface area contributed by atoms with Gasteiger partial charge in [0.25, 0.3) is 0 Å². The highest BCUT2D eigenvalue weighted by atomic mass is 19.1. The third kappa shape index (κ3) is 3.52. The molecular formula is C18H12F2N2O6. The van der Waals surface area contributed by atoms with Gasteiger partial charge in [0.05, 0.1) is 17.4 Å². The summed E-state index contributed by atoms with van der Waals surface area (Å²) in [6, 6.07) is 8.31. The number of carboxylic acid groups (broad SMARTS) is 1. The van der Waals surface area contributed by atoms with Crippen LogP contribution in [0.2, 0.25) is 0 Å². The van der Waals surface area contributed by atoms with Crippen molar-refractivity contribution < 1.29 is 37.3 Å². The number of hydrogen-bond donors (Lipinski definition) is 1.